The van der Waals surface area contributed by atoms with Gasteiger partial charge in [-0.3, -0.25) is 4.79 Å². The second kappa shape index (κ2) is 6.71. The van der Waals surface area contributed by atoms with Crippen LogP contribution in [0.2, 0.25) is 0 Å². The van der Waals surface area contributed by atoms with E-state index in [1.165, 1.54) is 5.56 Å². The zero-order valence-electron chi connectivity index (χ0n) is 12.6. The molecule has 3 nitrogen and oxygen atoms in total. The lowest BCUT2D eigenvalue weighted by atomic mass is 10.0. The third kappa shape index (κ3) is 3.70. The van der Waals surface area contributed by atoms with Crippen LogP contribution in [0.1, 0.15) is 30.9 Å². The molecule has 0 saturated carbocycles. The van der Waals surface area contributed by atoms with Crippen LogP contribution in [0.25, 0.3) is 5.57 Å². The molecular formula is C17H23NO2. The number of rotatable bonds is 4. The summed E-state index contributed by atoms with van der Waals surface area (Å²) in [5.74, 6) is 0.114. The zero-order valence-corrected chi connectivity index (χ0v) is 12.6. The highest BCUT2D eigenvalue weighted by Gasteiger charge is 2.18. The van der Waals surface area contributed by atoms with Crippen LogP contribution in [0, 0.1) is 6.92 Å². The number of benzene rings is 1. The van der Waals surface area contributed by atoms with E-state index in [0.29, 0.717) is 6.10 Å². The van der Waals surface area contributed by atoms with E-state index in [2.05, 4.69) is 11.8 Å². The molecule has 2 rings (SSSR count). The van der Waals surface area contributed by atoms with Gasteiger partial charge in [0.15, 0.2) is 5.78 Å². The van der Waals surface area contributed by atoms with Crippen LogP contribution >= 0.6 is 0 Å². The van der Waals surface area contributed by atoms with Crippen molar-refractivity contribution in [3.8, 4) is 0 Å². The van der Waals surface area contributed by atoms with Crippen LogP contribution in [0.4, 0.5) is 0 Å². The summed E-state index contributed by atoms with van der Waals surface area (Å²) in [6.45, 7) is 5.58. The number of likely N-dealkylation sites (tertiary alicyclic amines) is 1. The van der Waals surface area contributed by atoms with Gasteiger partial charge in [0.2, 0.25) is 0 Å². The fourth-order valence-corrected chi connectivity index (χ4v) is 2.52. The molecule has 1 aliphatic rings. The zero-order chi connectivity index (χ0) is 14.5. The summed E-state index contributed by atoms with van der Waals surface area (Å²) in [6, 6.07) is 8.13. The summed E-state index contributed by atoms with van der Waals surface area (Å²) in [5, 5.41) is 0. The number of aryl methyl sites for hydroxylation is 1. The number of nitrogens with zero attached hydrogens (tertiary/aromatic N) is 1. The predicted octanol–water partition coefficient (Wildman–Crippen LogP) is 3.04. The van der Waals surface area contributed by atoms with Crippen LogP contribution in [0.15, 0.2) is 30.5 Å². The molecule has 1 aliphatic heterocycles. The predicted molar refractivity (Wildman–Crippen MR) is 81.4 cm³/mol. The fourth-order valence-electron chi connectivity index (χ4n) is 2.52. The Hall–Kier alpha value is -1.61. The van der Waals surface area contributed by atoms with Crippen molar-refractivity contribution in [1.29, 1.82) is 0 Å². The first-order chi connectivity index (χ1) is 9.60. The van der Waals surface area contributed by atoms with Gasteiger partial charge in [-0.25, -0.2) is 0 Å². The third-order valence-electron chi connectivity index (χ3n) is 3.86. The Morgan fingerprint density at radius 2 is 1.85 bits per heavy atom. The number of hydrogen-bond acceptors (Lipinski definition) is 3. The normalized spacial score (nSPS) is 17.4. The average Bonchev–Trinajstić information content (AvgIpc) is 2.46. The minimum atomic E-state index is 0.114. The Bertz CT molecular complexity index is 482. The SMILES string of the molecule is COC1CCN(/C=C(\C(C)=O)c2ccc(C)cc2)CC1. The fraction of sp³-hybridized carbons (Fsp3) is 0.471. The van der Waals surface area contributed by atoms with Crippen molar-refractivity contribution in [2.24, 2.45) is 0 Å². The minimum absolute atomic E-state index is 0.114. The Labute approximate surface area is 121 Å². The number of Topliss-reactive ketones (excluding diaryl/α,β-unsaturated/α-hetero) is 1. The van der Waals surface area contributed by atoms with E-state index >= 15 is 0 Å². The summed E-state index contributed by atoms with van der Waals surface area (Å²) in [7, 11) is 1.77. The molecule has 0 unspecified atom stereocenters. The van der Waals surface area contributed by atoms with Crippen molar-refractivity contribution >= 4 is 11.4 Å². The highest BCUT2D eigenvalue weighted by atomic mass is 16.5. The summed E-state index contributed by atoms with van der Waals surface area (Å²) < 4.78 is 5.38. The van der Waals surface area contributed by atoms with Gasteiger partial charge in [-0.2, -0.15) is 0 Å². The number of hydrogen-bond donors (Lipinski definition) is 0. The Balaban J connectivity index is 2.15. The first kappa shape index (κ1) is 14.8. The van der Waals surface area contributed by atoms with E-state index in [1.54, 1.807) is 14.0 Å². The maximum absolute atomic E-state index is 11.9. The molecule has 0 bridgehead atoms. The van der Waals surface area contributed by atoms with Crippen molar-refractivity contribution < 1.29 is 9.53 Å². The number of carbonyl (C=O) groups excluding carboxylic acids is 1. The second-order valence-corrected chi connectivity index (χ2v) is 5.44. The molecule has 3 heteroatoms. The standard InChI is InChI=1S/C17H23NO2/c1-13-4-6-15(7-5-13)17(14(2)19)12-18-10-8-16(20-3)9-11-18/h4-7,12,16H,8-11H2,1-3H3/b17-12+. The monoisotopic (exact) mass is 273 g/mol. The van der Waals surface area contributed by atoms with E-state index in [0.717, 1.165) is 37.1 Å². The summed E-state index contributed by atoms with van der Waals surface area (Å²) >= 11 is 0. The van der Waals surface area contributed by atoms with Crippen LogP contribution in [0.3, 0.4) is 0 Å². The molecule has 0 radical (unpaired) electrons. The van der Waals surface area contributed by atoms with Gasteiger partial charge in [0.1, 0.15) is 0 Å². The van der Waals surface area contributed by atoms with Crippen LogP contribution in [-0.4, -0.2) is 37.0 Å². The average molecular weight is 273 g/mol. The first-order valence-electron chi connectivity index (χ1n) is 7.17. The number of methoxy groups -OCH3 is 1. The van der Waals surface area contributed by atoms with Crippen molar-refractivity contribution in [2.75, 3.05) is 20.2 Å². The van der Waals surface area contributed by atoms with Crippen molar-refractivity contribution in [1.82, 2.24) is 4.90 Å². The summed E-state index contributed by atoms with van der Waals surface area (Å²) in [4.78, 5) is 14.1. The quantitative estimate of drug-likeness (QED) is 0.790. The van der Waals surface area contributed by atoms with E-state index in [9.17, 15) is 4.79 Å². The van der Waals surface area contributed by atoms with Gasteiger partial charge in [0, 0.05) is 32.0 Å². The largest absolute Gasteiger partial charge is 0.381 e. The van der Waals surface area contributed by atoms with Crippen molar-refractivity contribution in [3.05, 3.63) is 41.6 Å². The maximum Gasteiger partial charge on any atom is 0.161 e. The lowest BCUT2D eigenvalue weighted by Gasteiger charge is -2.30. The second-order valence-electron chi connectivity index (χ2n) is 5.44. The molecule has 0 N–H and O–H groups in total. The molecular weight excluding hydrogens is 250 g/mol. The highest BCUT2D eigenvalue weighted by Crippen LogP contribution is 2.20. The highest BCUT2D eigenvalue weighted by molar-refractivity contribution is 6.19. The molecule has 20 heavy (non-hydrogen) atoms. The minimum Gasteiger partial charge on any atom is -0.381 e. The Morgan fingerprint density at radius 1 is 1.25 bits per heavy atom. The number of piperidine rings is 1. The molecule has 1 heterocycles. The maximum atomic E-state index is 11.9. The molecule has 0 aromatic heterocycles. The van der Waals surface area contributed by atoms with E-state index in [-0.39, 0.29) is 5.78 Å². The van der Waals surface area contributed by atoms with Crippen molar-refractivity contribution in [3.63, 3.8) is 0 Å². The molecule has 1 saturated heterocycles. The van der Waals surface area contributed by atoms with Crippen LogP contribution in [0.5, 0.6) is 0 Å². The third-order valence-corrected chi connectivity index (χ3v) is 3.86. The molecule has 0 spiro atoms. The molecule has 1 fully saturated rings. The van der Waals surface area contributed by atoms with E-state index < -0.39 is 0 Å². The Kier molecular flexibility index (Phi) is 4.96. The lowest BCUT2D eigenvalue weighted by molar-refractivity contribution is -0.111. The molecule has 108 valence electrons. The molecule has 1 aromatic rings. The van der Waals surface area contributed by atoms with Gasteiger partial charge in [-0.15, -0.1) is 0 Å². The lowest BCUT2D eigenvalue weighted by Crippen LogP contribution is -2.33. The van der Waals surface area contributed by atoms with Gasteiger partial charge in [-0.05, 0) is 32.3 Å². The van der Waals surface area contributed by atoms with Gasteiger partial charge in [0.25, 0.3) is 0 Å². The van der Waals surface area contributed by atoms with Gasteiger partial charge >= 0.3 is 0 Å². The van der Waals surface area contributed by atoms with Crippen LogP contribution < -0.4 is 0 Å². The van der Waals surface area contributed by atoms with Crippen molar-refractivity contribution in [2.45, 2.75) is 32.8 Å². The molecule has 0 aliphatic carbocycles. The number of allylic oxidation sites excluding steroid dienone is 1. The first-order valence-corrected chi connectivity index (χ1v) is 7.17. The van der Waals surface area contributed by atoms with Gasteiger partial charge < -0.3 is 9.64 Å². The van der Waals surface area contributed by atoms with Gasteiger partial charge in [0.05, 0.1) is 6.10 Å². The molecule has 1 aromatic carbocycles. The number of ketones is 1. The molecule has 0 amide bonds. The Morgan fingerprint density at radius 3 is 2.35 bits per heavy atom. The summed E-state index contributed by atoms with van der Waals surface area (Å²) in [5.41, 5.74) is 3.00. The van der Waals surface area contributed by atoms with Crippen LogP contribution in [-0.2, 0) is 9.53 Å². The number of ether oxygens (including phenoxy) is 1. The summed E-state index contributed by atoms with van der Waals surface area (Å²) in [6.07, 6.45) is 4.41. The van der Waals surface area contributed by atoms with E-state index in [1.807, 2.05) is 30.5 Å². The smallest absolute Gasteiger partial charge is 0.161 e. The van der Waals surface area contributed by atoms with E-state index in [4.69, 9.17) is 4.74 Å². The van der Waals surface area contributed by atoms with Gasteiger partial charge in [-0.1, -0.05) is 29.8 Å². The number of carbonyl (C=O) groups is 1. The molecule has 0 atom stereocenters. The topological polar surface area (TPSA) is 29.5 Å².